The van der Waals surface area contributed by atoms with Crippen LogP contribution in [0.25, 0.3) is 0 Å². The molecule has 0 spiro atoms. The fraction of sp³-hybridized carbons (Fsp3) is 0.300. The molecule has 1 aromatic rings. The number of aromatic hydroxyl groups is 2. The van der Waals surface area contributed by atoms with Gasteiger partial charge >= 0.3 is 0 Å². The third kappa shape index (κ3) is 1.49. The monoisotopic (exact) mass is 180 g/mol. The van der Waals surface area contributed by atoms with Gasteiger partial charge in [-0.2, -0.15) is 0 Å². The van der Waals surface area contributed by atoms with E-state index in [1.807, 2.05) is 6.92 Å². The van der Waals surface area contributed by atoms with Gasteiger partial charge in [0.1, 0.15) is 11.5 Å². The minimum Gasteiger partial charge on any atom is -0.508 e. The van der Waals surface area contributed by atoms with Crippen molar-refractivity contribution in [3.63, 3.8) is 0 Å². The predicted octanol–water partition coefficient (Wildman–Crippen LogP) is 1.78. The molecular formula is C10H12O3. The molecule has 0 fully saturated rings. The molecule has 13 heavy (non-hydrogen) atoms. The highest BCUT2D eigenvalue weighted by Crippen LogP contribution is 2.30. The molecule has 3 nitrogen and oxygen atoms in total. The molecule has 0 heterocycles. The zero-order chi connectivity index (χ0) is 10.0. The topological polar surface area (TPSA) is 57.5 Å². The maximum atomic E-state index is 10.6. The summed E-state index contributed by atoms with van der Waals surface area (Å²) in [5, 5.41) is 18.7. The van der Waals surface area contributed by atoms with Crippen molar-refractivity contribution in [2.24, 2.45) is 0 Å². The van der Waals surface area contributed by atoms with E-state index in [2.05, 4.69) is 0 Å². The third-order valence-electron chi connectivity index (χ3n) is 2.18. The van der Waals surface area contributed by atoms with Crippen LogP contribution in [0.2, 0.25) is 0 Å². The third-order valence-corrected chi connectivity index (χ3v) is 2.18. The van der Waals surface area contributed by atoms with Crippen LogP contribution in [0.1, 0.15) is 28.4 Å². The largest absolute Gasteiger partial charge is 0.508 e. The van der Waals surface area contributed by atoms with Gasteiger partial charge in [-0.3, -0.25) is 4.79 Å². The summed E-state index contributed by atoms with van der Waals surface area (Å²) in [7, 11) is 0. The first-order valence-corrected chi connectivity index (χ1v) is 4.11. The van der Waals surface area contributed by atoms with Crippen LogP contribution >= 0.6 is 0 Å². The van der Waals surface area contributed by atoms with Gasteiger partial charge in [0.25, 0.3) is 0 Å². The second kappa shape index (κ2) is 3.47. The summed E-state index contributed by atoms with van der Waals surface area (Å²) in [6.45, 7) is 3.59. The predicted molar refractivity (Wildman–Crippen MR) is 49.3 cm³/mol. The smallest absolute Gasteiger partial charge is 0.154 e. The number of carbonyl (C=O) groups excluding carboxylic acids is 1. The van der Waals surface area contributed by atoms with Gasteiger partial charge in [0.2, 0.25) is 0 Å². The average Bonchev–Trinajstić information content (AvgIpc) is 2.10. The molecule has 0 atom stereocenters. The summed E-state index contributed by atoms with van der Waals surface area (Å²) in [5.74, 6) is -0.130. The van der Waals surface area contributed by atoms with E-state index in [1.54, 1.807) is 6.92 Å². The van der Waals surface area contributed by atoms with E-state index in [-0.39, 0.29) is 17.1 Å². The molecule has 0 saturated heterocycles. The Kier molecular flexibility index (Phi) is 2.56. The lowest BCUT2D eigenvalue weighted by molar-refractivity contribution is 0.112. The van der Waals surface area contributed by atoms with Gasteiger partial charge in [0.05, 0.1) is 5.56 Å². The van der Waals surface area contributed by atoms with Crippen LogP contribution in [0.15, 0.2) is 6.07 Å². The lowest BCUT2D eigenvalue weighted by atomic mass is 9.99. The first-order valence-electron chi connectivity index (χ1n) is 4.11. The van der Waals surface area contributed by atoms with Gasteiger partial charge in [-0.25, -0.2) is 0 Å². The number of phenols is 2. The summed E-state index contributed by atoms with van der Waals surface area (Å²) in [6, 6.07) is 1.19. The standard InChI is InChI=1S/C10H12O3/c1-3-7-6(2)9(12)4-10(13)8(7)5-11/h4-5,12-13H,3H2,1-2H3. The lowest BCUT2D eigenvalue weighted by Crippen LogP contribution is -1.95. The van der Waals surface area contributed by atoms with Crippen molar-refractivity contribution in [3.05, 3.63) is 22.8 Å². The Bertz CT molecular complexity index is 343. The van der Waals surface area contributed by atoms with Gasteiger partial charge in [0, 0.05) is 6.07 Å². The van der Waals surface area contributed by atoms with Crippen LogP contribution in [0.4, 0.5) is 0 Å². The summed E-state index contributed by atoms with van der Waals surface area (Å²) in [5.41, 5.74) is 1.63. The molecule has 0 aliphatic heterocycles. The molecular weight excluding hydrogens is 168 g/mol. The maximum absolute atomic E-state index is 10.6. The molecule has 1 rings (SSSR count). The van der Waals surface area contributed by atoms with E-state index < -0.39 is 0 Å². The Morgan fingerprint density at radius 1 is 1.38 bits per heavy atom. The molecule has 0 radical (unpaired) electrons. The van der Waals surface area contributed by atoms with Gasteiger partial charge < -0.3 is 10.2 Å². The zero-order valence-electron chi connectivity index (χ0n) is 7.66. The molecule has 0 saturated carbocycles. The van der Waals surface area contributed by atoms with Crippen molar-refractivity contribution in [2.75, 3.05) is 0 Å². The minimum atomic E-state index is -0.157. The van der Waals surface area contributed by atoms with Crippen LogP contribution in [0, 0.1) is 6.92 Å². The number of hydrogen-bond donors (Lipinski definition) is 2. The van der Waals surface area contributed by atoms with E-state index in [0.29, 0.717) is 23.8 Å². The maximum Gasteiger partial charge on any atom is 0.154 e. The molecule has 0 aliphatic carbocycles. The summed E-state index contributed by atoms with van der Waals surface area (Å²) in [6.07, 6.45) is 1.22. The highest BCUT2D eigenvalue weighted by molar-refractivity contribution is 5.83. The van der Waals surface area contributed by atoms with Crippen molar-refractivity contribution < 1.29 is 15.0 Å². The first kappa shape index (κ1) is 9.58. The zero-order valence-corrected chi connectivity index (χ0v) is 7.66. The van der Waals surface area contributed by atoms with Crippen LogP contribution in [0.5, 0.6) is 11.5 Å². The normalized spacial score (nSPS) is 10.0. The number of carbonyl (C=O) groups is 1. The molecule has 0 amide bonds. The SMILES string of the molecule is CCc1c(C)c(O)cc(O)c1C=O. The van der Waals surface area contributed by atoms with E-state index in [1.165, 1.54) is 6.07 Å². The molecule has 1 aromatic carbocycles. The van der Waals surface area contributed by atoms with E-state index >= 15 is 0 Å². The quantitative estimate of drug-likeness (QED) is 0.682. The molecule has 2 N–H and O–H groups in total. The van der Waals surface area contributed by atoms with E-state index in [0.717, 1.165) is 0 Å². The number of rotatable bonds is 2. The van der Waals surface area contributed by atoms with Crippen LogP contribution in [-0.2, 0) is 6.42 Å². The van der Waals surface area contributed by atoms with Crippen LogP contribution in [0.3, 0.4) is 0 Å². The van der Waals surface area contributed by atoms with Crippen LogP contribution < -0.4 is 0 Å². The Labute approximate surface area is 76.6 Å². The molecule has 70 valence electrons. The number of phenolic OH excluding ortho intramolecular Hbond substituents is 2. The van der Waals surface area contributed by atoms with E-state index in [9.17, 15) is 15.0 Å². The second-order valence-corrected chi connectivity index (χ2v) is 2.90. The molecule has 0 aliphatic rings. The highest BCUT2D eigenvalue weighted by Gasteiger charge is 2.12. The van der Waals surface area contributed by atoms with Gasteiger partial charge in [-0.15, -0.1) is 0 Å². The summed E-state index contributed by atoms with van der Waals surface area (Å²) in [4.78, 5) is 10.6. The fourth-order valence-electron chi connectivity index (χ4n) is 1.41. The fourth-order valence-corrected chi connectivity index (χ4v) is 1.41. The minimum absolute atomic E-state index is 0.0277. The van der Waals surface area contributed by atoms with E-state index in [4.69, 9.17) is 0 Å². The number of benzene rings is 1. The molecule has 0 bridgehead atoms. The Balaban J connectivity index is 3.50. The van der Waals surface area contributed by atoms with Gasteiger partial charge in [-0.05, 0) is 24.5 Å². The molecule has 3 heteroatoms. The summed E-state index contributed by atoms with van der Waals surface area (Å²) < 4.78 is 0. The van der Waals surface area contributed by atoms with Crippen molar-refractivity contribution in [3.8, 4) is 11.5 Å². The Morgan fingerprint density at radius 3 is 2.46 bits per heavy atom. The molecule has 0 unspecified atom stereocenters. The average molecular weight is 180 g/mol. The first-order chi connectivity index (χ1) is 6.11. The van der Waals surface area contributed by atoms with Gasteiger partial charge in [0.15, 0.2) is 6.29 Å². The number of hydrogen-bond acceptors (Lipinski definition) is 3. The van der Waals surface area contributed by atoms with Crippen molar-refractivity contribution in [1.82, 2.24) is 0 Å². The van der Waals surface area contributed by atoms with Crippen molar-refractivity contribution in [1.29, 1.82) is 0 Å². The second-order valence-electron chi connectivity index (χ2n) is 2.90. The van der Waals surface area contributed by atoms with Crippen molar-refractivity contribution in [2.45, 2.75) is 20.3 Å². The number of aldehydes is 1. The molecule has 0 aromatic heterocycles. The van der Waals surface area contributed by atoms with Crippen LogP contribution in [-0.4, -0.2) is 16.5 Å². The Morgan fingerprint density at radius 2 is 2.00 bits per heavy atom. The summed E-state index contributed by atoms with van der Waals surface area (Å²) >= 11 is 0. The lowest BCUT2D eigenvalue weighted by Gasteiger charge is -2.09. The Hall–Kier alpha value is -1.51. The van der Waals surface area contributed by atoms with Gasteiger partial charge in [-0.1, -0.05) is 6.92 Å². The highest BCUT2D eigenvalue weighted by atomic mass is 16.3. The van der Waals surface area contributed by atoms with Crippen molar-refractivity contribution >= 4 is 6.29 Å².